The van der Waals surface area contributed by atoms with Crippen LogP contribution in [0.4, 0.5) is 0 Å². The Bertz CT molecular complexity index is 1170. The van der Waals surface area contributed by atoms with Gasteiger partial charge in [-0.2, -0.15) is 0 Å². The van der Waals surface area contributed by atoms with Crippen LogP contribution in [0.15, 0.2) is 0 Å². The topological polar surface area (TPSA) is 29.1 Å². The van der Waals surface area contributed by atoms with E-state index in [2.05, 4.69) is 44.8 Å². The van der Waals surface area contributed by atoms with Crippen LogP contribution in [-0.2, 0) is 4.79 Å². The van der Waals surface area contributed by atoms with Gasteiger partial charge in [0.15, 0.2) is 0 Å². The molecule has 7 aliphatic rings. The Kier molecular flexibility index (Phi) is 23.1. The van der Waals surface area contributed by atoms with E-state index in [9.17, 15) is 4.79 Å². The molecular formula is C58H105NOS. The summed E-state index contributed by atoms with van der Waals surface area (Å²) in [5.74, 6) is 12.3. The second-order valence-corrected chi connectivity index (χ2v) is 25.3. The SMILES string of the molecule is CCC1CCCC2CCCC3CCCC4CCCC(CCCC4CCCC3CC(C)C2)NC(=O)CSC2CCCCCCC(C)CC3CCCC(CCC1)C(CC)CC3CC2. The molecule has 2 aliphatic heterocycles. The van der Waals surface area contributed by atoms with Crippen molar-refractivity contribution in [3.8, 4) is 0 Å². The molecular weight excluding hydrogens is 759 g/mol. The van der Waals surface area contributed by atoms with Crippen LogP contribution in [0.5, 0.6) is 0 Å². The Morgan fingerprint density at radius 3 is 1.56 bits per heavy atom. The quantitative estimate of drug-likeness (QED) is 0.300. The molecule has 9 bridgehead atoms. The molecule has 3 heteroatoms. The van der Waals surface area contributed by atoms with Gasteiger partial charge < -0.3 is 5.32 Å². The lowest BCUT2D eigenvalue weighted by atomic mass is 9.67. The molecule has 0 aromatic carbocycles. The summed E-state index contributed by atoms with van der Waals surface area (Å²) in [7, 11) is 0. The van der Waals surface area contributed by atoms with Crippen molar-refractivity contribution in [2.45, 2.75) is 283 Å². The van der Waals surface area contributed by atoms with Crippen LogP contribution in [0.1, 0.15) is 272 Å². The van der Waals surface area contributed by atoms with Crippen molar-refractivity contribution in [1.82, 2.24) is 5.32 Å². The number of fused-ring (bicyclic) bond motifs is 21. The second kappa shape index (κ2) is 28.1. The summed E-state index contributed by atoms with van der Waals surface area (Å²) in [5, 5.41) is 4.33. The highest BCUT2D eigenvalue weighted by molar-refractivity contribution is 8.00. The number of carbonyl (C=O) groups excluding carboxylic acids is 1. The van der Waals surface area contributed by atoms with Gasteiger partial charge in [-0.25, -0.2) is 0 Å². The van der Waals surface area contributed by atoms with E-state index in [1.165, 1.54) is 244 Å². The predicted molar refractivity (Wildman–Crippen MR) is 268 cm³/mol. The Morgan fingerprint density at radius 2 is 0.918 bits per heavy atom. The number of amides is 1. The Hall–Kier alpha value is -0.180. The van der Waals surface area contributed by atoms with Crippen LogP contribution in [0.3, 0.4) is 0 Å². The number of thioether (sulfide) groups is 1. The number of nitrogens with one attached hydrogen (secondary N) is 1. The summed E-state index contributed by atoms with van der Waals surface area (Å²) in [6.45, 7) is 10.3. The zero-order valence-electron chi connectivity index (χ0n) is 41.5. The molecule has 1 amide bonds. The van der Waals surface area contributed by atoms with Crippen LogP contribution in [0, 0.1) is 71.0 Å². The average molecular weight is 865 g/mol. The zero-order valence-corrected chi connectivity index (χ0v) is 42.3. The molecule has 0 spiro atoms. The Balaban J connectivity index is 1.17. The molecule has 0 radical (unpaired) electrons. The molecule has 61 heavy (non-hydrogen) atoms. The highest BCUT2D eigenvalue weighted by atomic mass is 32.2. The lowest BCUT2D eigenvalue weighted by Crippen LogP contribution is -2.36. The minimum absolute atomic E-state index is 0.356. The fourth-order valence-electron chi connectivity index (χ4n) is 15.8. The highest BCUT2D eigenvalue weighted by Crippen LogP contribution is 2.45. The molecule has 2 saturated heterocycles. The first kappa shape index (κ1) is 50.2. The van der Waals surface area contributed by atoms with E-state index in [-0.39, 0.29) is 0 Å². The predicted octanol–water partition coefficient (Wildman–Crippen LogP) is 18.0. The number of rotatable bonds is 2. The smallest absolute Gasteiger partial charge is 0.230 e. The minimum Gasteiger partial charge on any atom is -0.353 e. The zero-order chi connectivity index (χ0) is 42.7. The van der Waals surface area contributed by atoms with E-state index in [0.29, 0.717) is 23.0 Å². The molecule has 7 fully saturated rings. The summed E-state index contributed by atoms with van der Waals surface area (Å²) < 4.78 is 0. The van der Waals surface area contributed by atoms with E-state index in [1.54, 1.807) is 0 Å². The molecule has 14 unspecified atom stereocenters. The minimum atomic E-state index is 0.356. The van der Waals surface area contributed by atoms with E-state index >= 15 is 0 Å². The summed E-state index contributed by atoms with van der Waals surface area (Å²) in [4.78, 5) is 13.8. The van der Waals surface area contributed by atoms with Gasteiger partial charge in [0.2, 0.25) is 5.91 Å². The Morgan fingerprint density at radius 1 is 0.426 bits per heavy atom. The average Bonchev–Trinajstić information content (AvgIpc) is 3.38. The summed E-state index contributed by atoms with van der Waals surface area (Å²) in [6, 6.07) is 0.405. The molecule has 5 aliphatic carbocycles. The summed E-state index contributed by atoms with van der Waals surface area (Å²) >= 11 is 2.07. The van der Waals surface area contributed by atoms with Crippen molar-refractivity contribution in [1.29, 1.82) is 0 Å². The summed E-state index contributed by atoms with van der Waals surface area (Å²) in [5.41, 5.74) is 0. The van der Waals surface area contributed by atoms with Crippen molar-refractivity contribution in [2.24, 2.45) is 71.0 Å². The first-order valence-corrected chi connectivity index (χ1v) is 29.8. The van der Waals surface area contributed by atoms with Crippen molar-refractivity contribution in [3.05, 3.63) is 0 Å². The third-order valence-electron chi connectivity index (χ3n) is 19.5. The van der Waals surface area contributed by atoms with Crippen LogP contribution >= 0.6 is 11.8 Å². The van der Waals surface area contributed by atoms with Crippen molar-refractivity contribution >= 4 is 17.7 Å². The van der Waals surface area contributed by atoms with E-state index in [1.807, 2.05) is 0 Å². The van der Waals surface area contributed by atoms with Gasteiger partial charge >= 0.3 is 0 Å². The van der Waals surface area contributed by atoms with E-state index < -0.39 is 0 Å². The van der Waals surface area contributed by atoms with Crippen molar-refractivity contribution in [3.63, 3.8) is 0 Å². The maximum absolute atomic E-state index is 13.8. The molecule has 0 aromatic heterocycles. The van der Waals surface area contributed by atoms with Crippen molar-refractivity contribution in [2.75, 3.05) is 5.75 Å². The molecule has 2 heterocycles. The number of hydrogen-bond donors (Lipinski definition) is 1. The molecule has 2 nitrogen and oxygen atoms in total. The van der Waals surface area contributed by atoms with Gasteiger partial charge in [-0.3, -0.25) is 4.79 Å². The van der Waals surface area contributed by atoms with Gasteiger partial charge in [0.1, 0.15) is 0 Å². The fraction of sp³-hybridized carbons (Fsp3) is 0.983. The lowest BCUT2D eigenvalue weighted by molar-refractivity contribution is -0.119. The van der Waals surface area contributed by atoms with E-state index in [0.717, 1.165) is 71.0 Å². The Labute approximate surface area is 385 Å². The maximum atomic E-state index is 13.8. The molecule has 7 rings (SSSR count). The largest absolute Gasteiger partial charge is 0.353 e. The number of carbonyl (C=O) groups is 1. The van der Waals surface area contributed by atoms with Crippen LogP contribution in [0.25, 0.3) is 0 Å². The van der Waals surface area contributed by atoms with Crippen LogP contribution in [-0.4, -0.2) is 23.0 Å². The van der Waals surface area contributed by atoms with Gasteiger partial charge in [-0.1, -0.05) is 214 Å². The first-order chi connectivity index (χ1) is 29.9. The van der Waals surface area contributed by atoms with Crippen LogP contribution in [0.2, 0.25) is 0 Å². The monoisotopic (exact) mass is 864 g/mol. The molecule has 354 valence electrons. The number of hydrogen-bond acceptors (Lipinski definition) is 2. The fourth-order valence-corrected chi connectivity index (χ4v) is 16.9. The normalized spacial score (nSPS) is 41.2. The van der Waals surface area contributed by atoms with Gasteiger partial charge in [-0.15, -0.1) is 11.8 Å². The molecule has 5 saturated carbocycles. The molecule has 0 aromatic rings. The lowest BCUT2D eigenvalue weighted by Gasteiger charge is -2.38. The van der Waals surface area contributed by atoms with E-state index in [4.69, 9.17) is 0 Å². The standard InChI is InChI=1S/C58H105NOS/c1-5-46-20-11-22-47-23-13-25-52-29-14-27-50-30-17-34-56(35-18-31-51(50)28-16-32-53(52)41-45(4)39-47)59-58(60)43-61-57-36-10-8-7-9-19-44(3)40-54-33-15-26-49(24-12-21-46)48(6-2)42-55(54)37-38-57/h44-57H,5-43H2,1-4H3,(H,59,60). The van der Waals surface area contributed by atoms with Gasteiger partial charge in [0.05, 0.1) is 5.75 Å². The molecule has 1 N–H and O–H groups in total. The first-order valence-electron chi connectivity index (χ1n) is 28.8. The second-order valence-electron chi connectivity index (χ2n) is 24.0. The molecule has 14 atom stereocenters. The third kappa shape index (κ3) is 17.5. The van der Waals surface area contributed by atoms with Gasteiger partial charge in [-0.05, 0) is 129 Å². The highest BCUT2D eigenvalue weighted by Gasteiger charge is 2.34. The van der Waals surface area contributed by atoms with Crippen molar-refractivity contribution < 1.29 is 4.79 Å². The summed E-state index contributed by atoms with van der Waals surface area (Å²) in [6.07, 6.45) is 54.9. The maximum Gasteiger partial charge on any atom is 0.230 e. The third-order valence-corrected chi connectivity index (χ3v) is 20.8. The van der Waals surface area contributed by atoms with Crippen LogP contribution < -0.4 is 5.32 Å². The van der Waals surface area contributed by atoms with Gasteiger partial charge in [0.25, 0.3) is 0 Å². The van der Waals surface area contributed by atoms with Gasteiger partial charge in [0, 0.05) is 11.3 Å².